The molecule has 4 heteroatoms. The van der Waals surface area contributed by atoms with Gasteiger partial charge in [-0.3, -0.25) is 0 Å². The van der Waals surface area contributed by atoms with Crippen molar-refractivity contribution in [1.82, 2.24) is 10.2 Å². The Labute approximate surface area is 156 Å². The summed E-state index contributed by atoms with van der Waals surface area (Å²) < 4.78 is 5.70. The third-order valence-electron chi connectivity index (χ3n) is 4.63. The highest BCUT2D eigenvalue weighted by Gasteiger charge is 2.18. The van der Waals surface area contributed by atoms with E-state index < -0.39 is 0 Å². The minimum atomic E-state index is 0.287. The number of rotatable bonds is 6. The van der Waals surface area contributed by atoms with Gasteiger partial charge in [-0.05, 0) is 48.7 Å². The molecule has 1 saturated heterocycles. The third kappa shape index (κ3) is 5.28. The Morgan fingerprint density at radius 3 is 2.60 bits per heavy atom. The molecule has 1 unspecified atom stereocenters. The van der Waals surface area contributed by atoms with Gasteiger partial charge in [-0.1, -0.05) is 54.6 Å². The van der Waals surface area contributed by atoms with Crippen LogP contribution < -0.4 is 5.32 Å². The Kier molecular flexibility index (Phi) is 6.42. The average molecular weight is 355 g/mol. The van der Waals surface area contributed by atoms with E-state index in [1.807, 2.05) is 6.07 Å². The number of nitrogens with zero attached hydrogens (tertiary/aromatic N) is 1. The molecule has 1 atom stereocenters. The van der Waals surface area contributed by atoms with Gasteiger partial charge in [0.05, 0.1) is 6.10 Å². The first-order valence-corrected chi connectivity index (χ1v) is 9.36. The molecule has 1 fully saturated rings. The largest absolute Gasteiger partial charge is 0.376 e. The third-order valence-corrected chi connectivity index (χ3v) is 5.03. The highest BCUT2D eigenvalue weighted by atomic mass is 32.1. The minimum absolute atomic E-state index is 0.287. The summed E-state index contributed by atoms with van der Waals surface area (Å²) in [6.07, 6.45) is 2.55. The number of aryl methyl sites for hydroxylation is 1. The second-order valence-electron chi connectivity index (χ2n) is 6.59. The smallest absolute Gasteiger partial charge is 0.169 e. The lowest BCUT2D eigenvalue weighted by molar-refractivity contribution is 0.113. The fourth-order valence-corrected chi connectivity index (χ4v) is 3.33. The molecule has 1 aliphatic rings. The molecular formula is C21H26N2OS. The zero-order valence-corrected chi connectivity index (χ0v) is 15.6. The van der Waals surface area contributed by atoms with Crippen LogP contribution in [0.15, 0.2) is 54.6 Å². The number of thiocarbonyl (C=S) groups is 1. The molecule has 1 aliphatic heterocycles. The zero-order chi connectivity index (χ0) is 17.5. The molecule has 2 aromatic rings. The van der Waals surface area contributed by atoms with E-state index in [4.69, 9.17) is 17.0 Å². The van der Waals surface area contributed by atoms with Crippen LogP contribution in [0.25, 0.3) is 0 Å². The van der Waals surface area contributed by atoms with Gasteiger partial charge in [-0.15, -0.1) is 0 Å². The lowest BCUT2D eigenvalue weighted by Gasteiger charge is -2.27. The molecule has 2 aromatic carbocycles. The van der Waals surface area contributed by atoms with Crippen LogP contribution in [-0.2, 0) is 17.8 Å². The van der Waals surface area contributed by atoms with Crippen molar-refractivity contribution in [3.8, 4) is 0 Å². The fraction of sp³-hybridized carbons (Fsp3) is 0.381. The highest BCUT2D eigenvalue weighted by Crippen LogP contribution is 2.15. The van der Waals surface area contributed by atoms with Crippen LogP contribution >= 0.6 is 12.2 Å². The van der Waals surface area contributed by atoms with Gasteiger partial charge >= 0.3 is 0 Å². The first kappa shape index (κ1) is 17.9. The molecule has 0 aliphatic carbocycles. The molecule has 0 amide bonds. The molecular weight excluding hydrogens is 328 g/mol. The van der Waals surface area contributed by atoms with Gasteiger partial charge in [0.25, 0.3) is 0 Å². The van der Waals surface area contributed by atoms with Crippen molar-refractivity contribution >= 4 is 17.3 Å². The van der Waals surface area contributed by atoms with E-state index in [1.54, 1.807) is 0 Å². The number of ether oxygens (including phenoxy) is 1. The predicted molar refractivity (Wildman–Crippen MR) is 106 cm³/mol. The molecule has 3 rings (SSSR count). The van der Waals surface area contributed by atoms with Crippen molar-refractivity contribution in [3.63, 3.8) is 0 Å². The van der Waals surface area contributed by atoms with E-state index in [0.717, 1.165) is 44.2 Å². The van der Waals surface area contributed by atoms with Crippen LogP contribution in [0, 0.1) is 6.92 Å². The van der Waals surface area contributed by atoms with Gasteiger partial charge in [0.2, 0.25) is 0 Å². The van der Waals surface area contributed by atoms with Crippen molar-refractivity contribution in [2.45, 2.75) is 39.0 Å². The molecule has 0 aromatic heterocycles. The Morgan fingerprint density at radius 2 is 1.88 bits per heavy atom. The lowest BCUT2D eigenvalue weighted by Crippen LogP contribution is -2.42. The molecule has 0 radical (unpaired) electrons. The monoisotopic (exact) mass is 354 g/mol. The fourth-order valence-electron chi connectivity index (χ4n) is 3.11. The summed E-state index contributed by atoms with van der Waals surface area (Å²) in [7, 11) is 0. The van der Waals surface area contributed by atoms with E-state index in [-0.39, 0.29) is 6.10 Å². The van der Waals surface area contributed by atoms with Gasteiger partial charge in [0.1, 0.15) is 0 Å². The van der Waals surface area contributed by atoms with Crippen LogP contribution in [0.4, 0.5) is 0 Å². The van der Waals surface area contributed by atoms with Gasteiger partial charge in [-0.25, -0.2) is 0 Å². The van der Waals surface area contributed by atoms with Crippen LogP contribution in [0.3, 0.4) is 0 Å². The Bertz CT molecular complexity index is 683. The number of benzene rings is 2. The predicted octanol–water partition coefficient (Wildman–Crippen LogP) is 4.05. The standard InChI is InChI=1S/C21H26N2OS/c1-17-8-5-6-11-19(17)16-23(15-18-9-3-2-4-10-18)21(25)22-14-20-12-7-13-24-20/h2-6,8-11,20H,7,12-16H2,1H3,(H,22,25). The average Bonchev–Trinajstić information content (AvgIpc) is 3.15. The Morgan fingerprint density at radius 1 is 1.12 bits per heavy atom. The first-order chi connectivity index (χ1) is 12.2. The van der Waals surface area contributed by atoms with Crippen LogP contribution in [-0.4, -0.2) is 29.3 Å². The van der Waals surface area contributed by atoms with Gasteiger partial charge in [0, 0.05) is 26.2 Å². The minimum Gasteiger partial charge on any atom is -0.376 e. The van der Waals surface area contributed by atoms with E-state index in [9.17, 15) is 0 Å². The summed E-state index contributed by atoms with van der Waals surface area (Å²) in [5, 5.41) is 4.21. The summed E-state index contributed by atoms with van der Waals surface area (Å²) in [6.45, 7) is 5.41. The summed E-state index contributed by atoms with van der Waals surface area (Å²) in [6, 6.07) is 19.0. The topological polar surface area (TPSA) is 24.5 Å². The van der Waals surface area contributed by atoms with Crippen molar-refractivity contribution < 1.29 is 4.74 Å². The second-order valence-corrected chi connectivity index (χ2v) is 6.98. The first-order valence-electron chi connectivity index (χ1n) is 8.95. The number of hydrogen-bond acceptors (Lipinski definition) is 2. The van der Waals surface area contributed by atoms with Crippen LogP contribution in [0.5, 0.6) is 0 Å². The maximum Gasteiger partial charge on any atom is 0.169 e. The maximum atomic E-state index is 5.71. The normalized spacial score (nSPS) is 16.6. The summed E-state index contributed by atoms with van der Waals surface area (Å²) in [5.41, 5.74) is 3.86. The molecule has 1 heterocycles. The van der Waals surface area contributed by atoms with Gasteiger partial charge < -0.3 is 15.0 Å². The maximum absolute atomic E-state index is 5.71. The summed E-state index contributed by atoms with van der Waals surface area (Å²) >= 11 is 5.71. The van der Waals surface area contributed by atoms with E-state index in [0.29, 0.717) is 0 Å². The van der Waals surface area contributed by atoms with E-state index in [2.05, 4.69) is 65.7 Å². The summed E-state index contributed by atoms with van der Waals surface area (Å²) in [5.74, 6) is 0. The van der Waals surface area contributed by atoms with Crippen LogP contribution in [0.2, 0.25) is 0 Å². The molecule has 0 spiro atoms. The van der Waals surface area contributed by atoms with E-state index >= 15 is 0 Å². The molecule has 0 saturated carbocycles. The number of nitrogens with one attached hydrogen (secondary N) is 1. The molecule has 0 bridgehead atoms. The molecule has 25 heavy (non-hydrogen) atoms. The van der Waals surface area contributed by atoms with E-state index in [1.165, 1.54) is 16.7 Å². The second kappa shape index (κ2) is 8.97. The van der Waals surface area contributed by atoms with Crippen molar-refractivity contribution in [2.24, 2.45) is 0 Å². The van der Waals surface area contributed by atoms with Gasteiger partial charge in [0.15, 0.2) is 5.11 Å². The highest BCUT2D eigenvalue weighted by molar-refractivity contribution is 7.80. The summed E-state index contributed by atoms with van der Waals surface area (Å²) in [4.78, 5) is 2.24. The van der Waals surface area contributed by atoms with Crippen molar-refractivity contribution in [3.05, 3.63) is 71.3 Å². The SMILES string of the molecule is Cc1ccccc1CN(Cc1ccccc1)C(=S)NCC1CCCO1. The van der Waals surface area contributed by atoms with Gasteiger partial charge in [-0.2, -0.15) is 0 Å². The number of hydrogen-bond donors (Lipinski definition) is 1. The Hall–Kier alpha value is -1.91. The zero-order valence-electron chi connectivity index (χ0n) is 14.8. The lowest BCUT2D eigenvalue weighted by atomic mass is 10.1. The molecule has 132 valence electrons. The quantitative estimate of drug-likeness (QED) is 0.791. The van der Waals surface area contributed by atoms with Crippen molar-refractivity contribution in [2.75, 3.05) is 13.2 Å². The Balaban J connectivity index is 1.68. The van der Waals surface area contributed by atoms with Crippen molar-refractivity contribution in [1.29, 1.82) is 0 Å². The molecule has 1 N–H and O–H groups in total. The van der Waals surface area contributed by atoms with Crippen LogP contribution in [0.1, 0.15) is 29.5 Å². The molecule has 3 nitrogen and oxygen atoms in total.